The van der Waals surface area contributed by atoms with Crippen molar-refractivity contribution in [1.29, 1.82) is 0 Å². The summed E-state index contributed by atoms with van der Waals surface area (Å²) in [7, 11) is 1.61. The molecule has 6 nitrogen and oxygen atoms in total. The number of carbonyl (C=O) groups is 2. The molecule has 3 atom stereocenters. The Hall–Kier alpha value is -1.14. The second-order valence-electron chi connectivity index (χ2n) is 4.60. The van der Waals surface area contributed by atoms with E-state index in [1.165, 1.54) is 0 Å². The molecule has 0 spiro atoms. The fraction of sp³-hybridized carbons (Fsp3) is 0.833. The fourth-order valence-electron chi connectivity index (χ4n) is 2.02. The molecule has 1 amide bonds. The number of nitrogens with one attached hydrogen (secondary N) is 2. The lowest BCUT2D eigenvalue weighted by Gasteiger charge is -2.17. The van der Waals surface area contributed by atoms with E-state index in [9.17, 15) is 9.59 Å². The summed E-state index contributed by atoms with van der Waals surface area (Å²) in [4.78, 5) is 22.9. The first kappa shape index (κ1) is 14.9. The van der Waals surface area contributed by atoms with Crippen LogP contribution < -0.4 is 10.6 Å². The summed E-state index contributed by atoms with van der Waals surface area (Å²) in [5, 5.41) is 14.6. The first-order valence-corrected chi connectivity index (χ1v) is 6.37. The maximum absolute atomic E-state index is 11.9. The number of methoxy groups -OCH3 is 1. The van der Waals surface area contributed by atoms with Crippen LogP contribution in [0.4, 0.5) is 0 Å². The van der Waals surface area contributed by atoms with Crippen molar-refractivity contribution in [2.75, 3.05) is 13.7 Å². The molecule has 0 aliphatic carbocycles. The number of ether oxygens (including phenoxy) is 1. The Morgan fingerprint density at radius 2 is 2.28 bits per heavy atom. The largest absolute Gasteiger partial charge is 0.480 e. The second kappa shape index (κ2) is 7.33. The predicted octanol–water partition coefficient (Wildman–Crippen LogP) is 0.123. The molecular weight excluding hydrogens is 236 g/mol. The van der Waals surface area contributed by atoms with Gasteiger partial charge in [-0.1, -0.05) is 19.8 Å². The standard InChI is InChI=1S/C12H22N2O4/c1-3-4-5-9(12(16)17)14-11(15)10-6-8(18-2)7-13-10/h8-10,13H,3-7H2,1-2H3,(H,14,15)(H,16,17). The van der Waals surface area contributed by atoms with E-state index in [1.54, 1.807) is 7.11 Å². The quantitative estimate of drug-likeness (QED) is 0.604. The number of carboxylic acids is 1. The Labute approximate surface area is 107 Å². The molecule has 1 rings (SSSR count). The summed E-state index contributed by atoms with van der Waals surface area (Å²) in [6, 6.07) is -1.14. The van der Waals surface area contributed by atoms with E-state index < -0.39 is 12.0 Å². The van der Waals surface area contributed by atoms with Crippen LogP contribution >= 0.6 is 0 Å². The molecule has 0 aromatic heterocycles. The Balaban J connectivity index is 2.43. The molecule has 0 bridgehead atoms. The van der Waals surface area contributed by atoms with Crippen molar-refractivity contribution < 1.29 is 19.4 Å². The summed E-state index contributed by atoms with van der Waals surface area (Å²) in [5.41, 5.74) is 0. The van der Waals surface area contributed by atoms with Crippen molar-refractivity contribution in [3.05, 3.63) is 0 Å². The van der Waals surface area contributed by atoms with Crippen LogP contribution in [0.25, 0.3) is 0 Å². The Kier molecular flexibility index (Phi) is 6.07. The number of amides is 1. The molecule has 0 aromatic rings. The second-order valence-corrected chi connectivity index (χ2v) is 4.60. The van der Waals surface area contributed by atoms with Gasteiger partial charge in [0.2, 0.25) is 5.91 Å². The van der Waals surface area contributed by atoms with Gasteiger partial charge >= 0.3 is 5.97 Å². The molecule has 1 heterocycles. The Morgan fingerprint density at radius 1 is 1.56 bits per heavy atom. The minimum Gasteiger partial charge on any atom is -0.480 e. The first-order valence-electron chi connectivity index (χ1n) is 6.37. The third kappa shape index (κ3) is 4.27. The van der Waals surface area contributed by atoms with Gasteiger partial charge in [-0.2, -0.15) is 0 Å². The van der Waals surface area contributed by atoms with E-state index in [0.717, 1.165) is 12.8 Å². The van der Waals surface area contributed by atoms with Gasteiger partial charge in [-0.3, -0.25) is 4.79 Å². The smallest absolute Gasteiger partial charge is 0.326 e. The number of carboxylic acid groups (broad SMARTS) is 1. The van der Waals surface area contributed by atoms with Gasteiger partial charge in [0.05, 0.1) is 12.1 Å². The number of rotatable bonds is 7. The lowest BCUT2D eigenvalue weighted by molar-refractivity contribution is -0.142. The van der Waals surface area contributed by atoms with Gasteiger partial charge in [0.25, 0.3) is 0 Å². The summed E-state index contributed by atoms with van der Waals surface area (Å²) < 4.78 is 5.15. The van der Waals surface area contributed by atoms with Gasteiger partial charge < -0.3 is 20.5 Å². The lowest BCUT2D eigenvalue weighted by Crippen LogP contribution is -2.48. The van der Waals surface area contributed by atoms with Crippen LogP contribution in [0.2, 0.25) is 0 Å². The van der Waals surface area contributed by atoms with Gasteiger partial charge in [0.1, 0.15) is 6.04 Å². The van der Waals surface area contributed by atoms with E-state index in [-0.39, 0.29) is 18.1 Å². The van der Waals surface area contributed by atoms with E-state index in [2.05, 4.69) is 10.6 Å². The highest BCUT2D eigenvalue weighted by Crippen LogP contribution is 2.10. The van der Waals surface area contributed by atoms with Gasteiger partial charge in [0, 0.05) is 13.7 Å². The van der Waals surface area contributed by atoms with Crippen molar-refractivity contribution in [3.8, 4) is 0 Å². The van der Waals surface area contributed by atoms with E-state index in [4.69, 9.17) is 9.84 Å². The number of unbranched alkanes of at least 4 members (excludes halogenated alkanes) is 1. The van der Waals surface area contributed by atoms with Crippen LogP contribution in [-0.2, 0) is 14.3 Å². The fourth-order valence-corrected chi connectivity index (χ4v) is 2.02. The van der Waals surface area contributed by atoms with Crippen molar-refractivity contribution in [2.45, 2.75) is 50.8 Å². The molecule has 1 fully saturated rings. The molecule has 3 N–H and O–H groups in total. The molecule has 6 heteroatoms. The maximum atomic E-state index is 11.9. The van der Waals surface area contributed by atoms with Crippen molar-refractivity contribution in [1.82, 2.24) is 10.6 Å². The van der Waals surface area contributed by atoms with Crippen LogP contribution in [0.5, 0.6) is 0 Å². The molecular formula is C12H22N2O4. The van der Waals surface area contributed by atoms with E-state index >= 15 is 0 Å². The first-order chi connectivity index (χ1) is 8.58. The number of hydrogen-bond acceptors (Lipinski definition) is 4. The van der Waals surface area contributed by atoms with Crippen LogP contribution in [0.3, 0.4) is 0 Å². The van der Waals surface area contributed by atoms with Crippen LogP contribution in [-0.4, -0.2) is 48.8 Å². The summed E-state index contributed by atoms with van der Waals surface area (Å²) >= 11 is 0. The van der Waals surface area contributed by atoms with Crippen LogP contribution in [0.15, 0.2) is 0 Å². The molecule has 1 aliphatic heterocycles. The number of hydrogen-bond donors (Lipinski definition) is 3. The molecule has 104 valence electrons. The lowest BCUT2D eigenvalue weighted by atomic mass is 10.1. The van der Waals surface area contributed by atoms with Crippen LogP contribution in [0.1, 0.15) is 32.6 Å². The van der Waals surface area contributed by atoms with Gasteiger partial charge in [-0.15, -0.1) is 0 Å². The highest BCUT2D eigenvalue weighted by atomic mass is 16.5. The SMILES string of the molecule is CCCCC(NC(=O)C1CC(OC)CN1)C(=O)O. The van der Waals surface area contributed by atoms with Gasteiger partial charge in [-0.25, -0.2) is 4.79 Å². The normalized spacial score (nSPS) is 24.8. The monoisotopic (exact) mass is 258 g/mol. The summed E-state index contributed by atoms with van der Waals surface area (Å²) in [6.07, 6.45) is 2.78. The van der Waals surface area contributed by atoms with Crippen LogP contribution in [0, 0.1) is 0 Å². The van der Waals surface area contributed by atoms with Gasteiger partial charge in [-0.05, 0) is 12.8 Å². The molecule has 0 aromatic carbocycles. The topological polar surface area (TPSA) is 87.7 Å². The zero-order chi connectivity index (χ0) is 13.5. The minimum atomic E-state index is -0.974. The Morgan fingerprint density at radius 3 is 2.78 bits per heavy atom. The van der Waals surface area contributed by atoms with Crippen molar-refractivity contribution >= 4 is 11.9 Å². The van der Waals surface area contributed by atoms with Gasteiger partial charge in [0.15, 0.2) is 0 Å². The van der Waals surface area contributed by atoms with E-state index in [1.807, 2.05) is 6.92 Å². The number of carbonyl (C=O) groups excluding carboxylic acids is 1. The third-order valence-electron chi connectivity index (χ3n) is 3.20. The zero-order valence-electron chi connectivity index (χ0n) is 10.9. The highest BCUT2D eigenvalue weighted by Gasteiger charge is 2.31. The average molecular weight is 258 g/mol. The summed E-state index contributed by atoms with van der Waals surface area (Å²) in [6.45, 7) is 2.61. The van der Waals surface area contributed by atoms with E-state index in [0.29, 0.717) is 19.4 Å². The molecule has 18 heavy (non-hydrogen) atoms. The minimum absolute atomic E-state index is 0.0275. The average Bonchev–Trinajstić information content (AvgIpc) is 2.82. The zero-order valence-corrected chi connectivity index (χ0v) is 10.9. The number of aliphatic carboxylic acids is 1. The molecule has 0 radical (unpaired) electrons. The predicted molar refractivity (Wildman–Crippen MR) is 66.3 cm³/mol. The third-order valence-corrected chi connectivity index (χ3v) is 3.20. The highest BCUT2D eigenvalue weighted by molar-refractivity contribution is 5.87. The molecule has 1 saturated heterocycles. The summed E-state index contributed by atoms with van der Waals surface area (Å²) in [5.74, 6) is -1.23. The van der Waals surface area contributed by atoms with Crippen molar-refractivity contribution in [3.63, 3.8) is 0 Å². The Bertz CT molecular complexity index is 296. The molecule has 1 aliphatic rings. The molecule has 0 saturated carbocycles. The van der Waals surface area contributed by atoms with Crippen molar-refractivity contribution in [2.24, 2.45) is 0 Å². The maximum Gasteiger partial charge on any atom is 0.326 e. The molecule has 3 unspecified atom stereocenters.